The number of ether oxygens (including phenoxy) is 2. The zero-order chi connectivity index (χ0) is 13.0. The summed E-state index contributed by atoms with van der Waals surface area (Å²) < 4.78 is 11.7. The first kappa shape index (κ1) is 13.1. The number of hydrogen-bond donors (Lipinski definition) is 0. The van der Waals surface area contributed by atoms with Crippen molar-refractivity contribution < 1.29 is 9.47 Å². The lowest BCUT2D eigenvalue weighted by Crippen LogP contribution is -2.40. The molecule has 0 unspecified atom stereocenters. The monoisotopic (exact) mass is 245 g/mol. The summed E-state index contributed by atoms with van der Waals surface area (Å²) >= 11 is 0. The molecule has 0 N–H and O–H groups in total. The van der Waals surface area contributed by atoms with Gasteiger partial charge in [-0.3, -0.25) is 0 Å². The van der Waals surface area contributed by atoms with Crippen LogP contribution in [0.4, 0.5) is 0 Å². The Labute approximate surface area is 108 Å². The molecule has 2 rings (SSSR count). The van der Waals surface area contributed by atoms with E-state index in [0.717, 1.165) is 12.8 Å². The van der Waals surface area contributed by atoms with Crippen LogP contribution < -0.4 is 0 Å². The van der Waals surface area contributed by atoms with E-state index in [1.54, 1.807) is 0 Å². The Morgan fingerprint density at radius 3 is 2.39 bits per heavy atom. The third-order valence-corrected chi connectivity index (χ3v) is 3.39. The van der Waals surface area contributed by atoms with Gasteiger partial charge >= 0.3 is 0 Å². The molecule has 3 heteroatoms. The number of benzene rings is 1. The molecule has 1 aromatic rings. The van der Waals surface area contributed by atoms with E-state index in [0.29, 0.717) is 18.8 Å². The molecule has 96 valence electrons. The Bertz CT molecular complexity index is 425. The summed E-state index contributed by atoms with van der Waals surface area (Å²) in [6.45, 7) is 5.50. The Kier molecular flexibility index (Phi) is 4.00. The SMILES string of the molecule is CCCC1(C)OCC(c2ccc(C#N)cc2)CO1. The highest BCUT2D eigenvalue weighted by atomic mass is 16.7. The van der Waals surface area contributed by atoms with Gasteiger partial charge in [0.1, 0.15) is 0 Å². The zero-order valence-electron chi connectivity index (χ0n) is 11.0. The Hall–Kier alpha value is -1.37. The minimum atomic E-state index is -0.419. The van der Waals surface area contributed by atoms with Crippen molar-refractivity contribution in [3.05, 3.63) is 35.4 Å². The fourth-order valence-electron chi connectivity index (χ4n) is 2.26. The molecule has 0 atom stereocenters. The van der Waals surface area contributed by atoms with Crippen LogP contribution in [0, 0.1) is 11.3 Å². The molecular weight excluding hydrogens is 226 g/mol. The van der Waals surface area contributed by atoms with Crippen LogP contribution in [0.15, 0.2) is 24.3 Å². The molecule has 1 saturated heterocycles. The molecule has 0 aromatic heterocycles. The first-order chi connectivity index (χ1) is 8.67. The molecule has 0 saturated carbocycles. The quantitative estimate of drug-likeness (QED) is 0.821. The second-order valence-electron chi connectivity index (χ2n) is 4.94. The van der Waals surface area contributed by atoms with Gasteiger partial charge in [-0.15, -0.1) is 0 Å². The van der Waals surface area contributed by atoms with Crippen LogP contribution in [0.1, 0.15) is 43.7 Å². The Balaban J connectivity index is 1.99. The van der Waals surface area contributed by atoms with Gasteiger partial charge in [0.15, 0.2) is 5.79 Å². The van der Waals surface area contributed by atoms with Crippen LogP contribution in [-0.4, -0.2) is 19.0 Å². The van der Waals surface area contributed by atoms with Crippen LogP contribution >= 0.6 is 0 Å². The standard InChI is InChI=1S/C15H19NO2/c1-3-8-15(2)17-10-14(11-18-15)13-6-4-12(9-16)5-7-13/h4-7,14H,3,8,10-11H2,1-2H3. The molecule has 0 bridgehead atoms. The second-order valence-corrected chi connectivity index (χ2v) is 4.94. The average molecular weight is 245 g/mol. The maximum absolute atomic E-state index is 8.77. The molecule has 1 fully saturated rings. The molecule has 3 nitrogen and oxygen atoms in total. The summed E-state index contributed by atoms with van der Waals surface area (Å²) in [5.41, 5.74) is 1.86. The zero-order valence-corrected chi connectivity index (χ0v) is 11.0. The Morgan fingerprint density at radius 2 is 1.89 bits per heavy atom. The van der Waals surface area contributed by atoms with E-state index in [9.17, 15) is 0 Å². The van der Waals surface area contributed by atoms with E-state index in [-0.39, 0.29) is 5.92 Å². The summed E-state index contributed by atoms with van der Waals surface area (Å²) in [5.74, 6) is -0.152. The van der Waals surface area contributed by atoms with E-state index < -0.39 is 5.79 Å². The van der Waals surface area contributed by atoms with Gasteiger partial charge in [-0.25, -0.2) is 0 Å². The lowest BCUT2D eigenvalue weighted by molar-refractivity contribution is -0.265. The van der Waals surface area contributed by atoms with Gasteiger partial charge in [0.25, 0.3) is 0 Å². The van der Waals surface area contributed by atoms with Crippen LogP contribution in [0.2, 0.25) is 0 Å². The van der Waals surface area contributed by atoms with Crippen molar-refractivity contribution in [1.29, 1.82) is 5.26 Å². The third kappa shape index (κ3) is 2.90. The molecule has 1 aromatic carbocycles. The highest BCUT2D eigenvalue weighted by molar-refractivity contribution is 5.33. The second kappa shape index (κ2) is 5.51. The van der Waals surface area contributed by atoms with Crippen molar-refractivity contribution in [3.8, 4) is 6.07 Å². The summed E-state index contributed by atoms with van der Waals surface area (Å²) in [5, 5.41) is 8.77. The van der Waals surface area contributed by atoms with Gasteiger partial charge in [-0.05, 0) is 24.6 Å². The van der Waals surface area contributed by atoms with E-state index in [1.165, 1.54) is 5.56 Å². The normalized spacial score (nSPS) is 27.7. The van der Waals surface area contributed by atoms with Crippen molar-refractivity contribution in [2.75, 3.05) is 13.2 Å². The van der Waals surface area contributed by atoms with Crippen molar-refractivity contribution in [2.45, 2.75) is 38.4 Å². The smallest absolute Gasteiger partial charge is 0.165 e. The molecule has 1 aliphatic heterocycles. The van der Waals surface area contributed by atoms with Crippen molar-refractivity contribution in [1.82, 2.24) is 0 Å². The topological polar surface area (TPSA) is 42.2 Å². The number of nitrogens with zero attached hydrogens (tertiary/aromatic N) is 1. The fraction of sp³-hybridized carbons (Fsp3) is 0.533. The highest BCUT2D eigenvalue weighted by Gasteiger charge is 2.32. The molecule has 0 amide bonds. The van der Waals surface area contributed by atoms with Crippen LogP contribution in [0.25, 0.3) is 0 Å². The van der Waals surface area contributed by atoms with Gasteiger partial charge < -0.3 is 9.47 Å². The molecular formula is C15H19NO2. The highest BCUT2D eigenvalue weighted by Crippen LogP contribution is 2.30. The predicted octanol–water partition coefficient (Wildman–Crippen LogP) is 3.20. The van der Waals surface area contributed by atoms with E-state index in [2.05, 4.69) is 13.0 Å². The largest absolute Gasteiger partial charge is 0.350 e. The molecule has 1 heterocycles. The predicted molar refractivity (Wildman–Crippen MR) is 69.1 cm³/mol. The lowest BCUT2D eigenvalue weighted by Gasteiger charge is -2.37. The molecule has 0 spiro atoms. The number of hydrogen-bond acceptors (Lipinski definition) is 3. The molecule has 18 heavy (non-hydrogen) atoms. The summed E-state index contributed by atoms with van der Waals surface area (Å²) in [6, 6.07) is 9.78. The molecule has 0 radical (unpaired) electrons. The van der Waals surface area contributed by atoms with Gasteiger partial charge in [0.2, 0.25) is 0 Å². The van der Waals surface area contributed by atoms with Gasteiger partial charge in [0.05, 0.1) is 24.8 Å². The lowest BCUT2D eigenvalue weighted by atomic mass is 9.98. The summed E-state index contributed by atoms with van der Waals surface area (Å²) in [6.07, 6.45) is 1.98. The average Bonchev–Trinajstić information content (AvgIpc) is 2.40. The van der Waals surface area contributed by atoms with E-state index in [1.807, 2.05) is 31.2 Å². The van der Waals surface area contributed by atoms with Crippen LogP contribution in [0.3, 0.4) is 0 Å². The minimum absolute atomic E-state index is 0.266. The Morgan fingerprint density at radius 1 is 1.28 bits per heavy atom. The minimum Gasteiger partial charge on any atom is -0.350 e. The van der Waals surface area contributed by atoms with Crippen LogP contribution in [0.5, 0.6) is 0 Å². The van der Waals surface area contributed by atoms with Gasteiger partial charge in [0, 0.05) is 12.3 Å². The van der Waals surface area contributed by atoms with Gasteiger partial charge in [-0.2, -0.15) is 5.26 Å². The van der Waals surface area contributed by atoms with Crippen molar-refractivity contribution in [3.63, 3.8) is 0 Å². The molecule has 1 aliphatic rings. The summed E-state index contributed by atoms with van der Waals surface area (Å²) in [4.78, 5) is 0. The maximum Gasteiger partial charge on any atom is 0.165 e. The van der Waals surface area contributed by atoms with E-state index >= 15 is 0 Å². The van der Waals surface area contributed by atoms with Crippen molar-refractivity contribution >= 4 is 0 Å². The van der Waals surface area contributed by atoms with Crippen molar-refractivity contribution in [2.24, 2.45) is 0 Å². The first-order valence-corrected chi connectivity index (χ1v) is 6.45. The van der Waals surface area contributed by atoms with Crippen LogP contribution in [-0.2, 0) is 9.47 Å². The summed E-state index contributed by atoms with van der Waals surface area (Å²) in [7, 11) is 0. The van der Waals surface area contributed by atoms with Gasteiger partial charge in [-0.1, -0.05) is 25.5 Å². The first-order valence-electron chi connectivity index (χ1n) is 6.45. The molecule has 0 aliphatic carbocycles. The maximum atomic E-state index is 8.77. The fourth-order valence-corrected chi connectivity index (χ4v) is 2.26. The van der Waals surface area contributed by atoms with E-state index in [4.69, 9.17) is 14.7 Å². The number of rotatable bonds is 3. The number of nitriles is 1. The third-order valence-electron chi connectivity index (χ3n) is 3.39.